The Morgan fingerprint density at radius 3 is 0.877 bits per heavy atom. The van der Waals surface area contributed by atoms with Gasteiger partial charge in [0.15, 0.2) is 0 Å². The van der Waals surface area contributed by atoms with Gasteiger partial charge in [0.2, 0.25) is 11.8 Å². The molecule has 0 saturated carbocycles. The Morgan fingerprint density at radius 1 is 0.354 bits per heavy atom. The lowest BCUT2D eigenvalue weighted by atomic mass is 10.0. The highest BCUT2D eigenvalue weighted by atomic mass is 127. The zero-order chi connectivity index (χ0) is 47.3. The molecule has 0 spiro atoms. The molecule has 0 saturated heterocycles. The number of aldehydes is 3. The first-order valence-corrected chi connectivity index (χ1v) is 23.7. The van der Waals surface area contributed by atoms with Crippen LogP contribution in [0.3, 0.4) is 0 Å². The second-order valence-electron chi connectivity index (χ2n) is 13.4. The minimum Gasteiger partial charge on any atom is -0.379 e. The summed E-state index contributed by atoms with van der Waals surface area (Å²) in [6, 6.07) is 0. The molecular weight excluding hydrogens is 979 g/mol. The number of carbonyl (C=O) groups is 5. The summed E-state index contributed by atoms with van der Waals surface area (Å²) in [5.74, 6) is -0.331. The van der Waals surface area contributed by atoms with Gasteiger partial charge in [0.1, 0.15) is 24.4 Å². The maximum Gasteiger partial charge on any atom is 0.229 e. The highest BCUT2D eigenvalue weighted by Gasteiger charge is 2.33. The van der Waals surface area contributed by atoms with Crippen LogP contribution >= 0.6 is 22.6 Å². The van der Waals surface area contributed by atoms with E-state index in [1.54, 1.807) is 0 Å². The average Bonchev–Trinajstić information content (AvgIpc) is 3.31. The molecule has 65 heavy (non-hydrogen) atoms. The smallest absolute Gasteiger partial charge is 0.229 e. The van der Waals surface area contributed by atoms with Gasteiger partial charge in [0.05, 0.1) is 203 Å². The molecular formula is C42H77IN2O20. The fraction of sp³-hybridized carbons (Fsp3) is 0.881. The number of ether oxygens (including phenoxy) is 15. The van der Waals surface area contributed by atoms with Gasteiger partial charge in [-0.05, 0) is 0 Å². The predicted molar refractivity (Wildman–Crippen MR) is 242 cm³/mol. The van der Waals surface area contributed by atoms with Crippen LogP contribution in [0, 0.1) is 0 Å². The van der Waals surface area contributed by atoms with E-state index in [-0.39, 0.29) is 90.4 Å². The SMILES string of the molecule is O=CCCOCC(COCCC=O)(COCCC=O)NC(=O)CCOCCOCCOCCOCCOCCOCCOCCOCCOCCOCCOCCOCCNC(=O)CI. The van der Waals surface area contributed by atoms with E-state index in [0.29, 0.717) is 156 Å². The normalized spacial score (nSPS) is 11.5. The largest absolute Gasteiger partial charge is 0.379 e. The summed E-state index contributed by atoms with van der Waals surface area (Å²) in [5, 5.41) is 5.63. The summed E-state index contributed by atoms with van der Waals surface area (Å²) < 4.78 is 83.0. The summed E-state index contributed by atoms with van der Waals surface area (Å²) in [7, 11) is 0. The maximum absolute atomic E-state index is 12.8. The third kappa shape index (κ3) is 48.3. The molecule has 2 N–H and O–H groups in total. The van der Waals surface area contributed by atoms with Crippen LogP contribution < -0.4 is 10.6 Å². The molecule has 22 nitrogen and oxygen atoms in total. The van der Waals surface area contributed by atoms with Crippen LogP contribution in [0.15, 0.2) is 0 Å². The third-order valence-corrected chi connectivity index (χ3v) is 8.63. The number of halogens is 1. The number of hydrogen-bond acceptors (Lipinski definition) is 20. The van der Waals surface area contributed by atoms with Crippen molar-refractivity contribution >= 4 is 53.3 Å². The van der Waals surface area contributed by atoms with Gasteiger partial charge in [-0.25, -0.2) is 0 Å². The molecule has 0 fully saturated rings. The number of hydrogen-bond donors (Lipinski definition) is 2. The molecule has 0 heterocycles. The van der Waals surface area contributed by atoms with E-state index in [1.807, 2.05) is 22.6 Å². The van der Waals surface area contributed by atoms with Gasteiger partial charge in [0.25, 0.3) is 0 Å². The minimum absolute atomic E-state index is 0.000133. The Kier molecular flexibility index (Phi) is 51.5. The number of amides is 2. The first-order chi connectivity index (χ1) is 32.0. The van der Waals surface area contributed by atoms with Crippen LogP contribution in [0.4, 0.5) is 0 Å². The molecule has 23 heteroatoms. The van der Waals surface area contributed by atoms with E-state index in [2.05, 4.69) is 10.6 Å². The Morgan fingerprint density at radius 2 is 0.615 bits per heavy atom. The Balaban J connectivity index is 3.54. The van der Waals surface area contributed by atoms with E-state index in [9.17, 15) is 24.0 Å². The van der Waals surface area contributed by atoms with Crippen LogP contribution in [0.5, 0.6) is 0 Å². The zero-order valence-electron chi connectivity index (χ0n) is 38.2. The van der Waals surface area contributed by atoms with Gasteiger partial charge in [-0.1, -0.05) is 22.6 Å². The lowest BCUT2D eigenvalue weighted by Crippen LogP contribution is -2.58. The van der Waals surface area contributed by atoms with Crippen molar-refractivity contribution in [3.8, 4) is 0 Å². The molecule has 0 unspecified atom stereocenters. The fourth-order valence-corrected chi connectivity index (χ4v) is 5.05. The first-order valence-electron chi connectivity index (χ1n) is 22.1. The maximum atomic E-state index is 12.8. The average molecular weight is 1060 g/mol. The van der Waals surface area contributed by atoms with Gasteiger partial charge < -0.3 is 96.1 Å². The van der Waals surface area contributed by atoms with Crippen molar-refractivity contribution in [1.29, 1.82) is 0 Å². The standard InChI is InChI=1S/C42H77IN2O20/c43-36-41(50)44-5-13-52-15-17-54-19-21-56-23-25-58-27-29-60-31-33-62-35-34-61-32-30-59-28-26-57-24-22-55-20-18-53-16-14-51-12-4-40(49)45-42(37-63-9-1-6-46,38-64-10-2-7-47)39-65-11-3-8-48/h6-8H,1-5,9-39H2,(H,44,50)(H,45,49). The van der Waals surface area contributed by atoms with Gasteiger partial charge in [-0.3, -0.25) is 9.59 Å². The van der Waals surface area contributed by atoms with Crippen LogP contribution in [-0.4, -0.2) is 245 Å². The molecule has 0 bridgehead atoms. The molecule has 0 atom stereocenters. The number of carbonyl (C=O) groups excluding carboxylic acids is 5. The molecule has 0 aromatic carbocycles. The van der Waals surface area contributed by atoms with E-state index >= 15 is 0 Å². The molecule has 0 aromatic heterocycles. The summed E-state index contributed by atoms with van der Waals surface area (Å²) in [5.41, 5.74) is -1.09. The van der Waals surface area contributed by atoms with Crippen molar-refractivity contribution in [2.24, 2.45) is 0 Å². The van der Waals surface area contributed by atoms with Crippen LogP contribution in [0.25, 0.3) is 0 Å². The molecule has 0 aliphatic rings. The van der Waals surface area contributed by atoms with Crippen molar-refractivity contribution in [1.82, 2.24) is 10.6 Å². The van der Waals surface area contributed by atoms with Gasteiger partial charge >= 0.3 is 0 Å². The quantitative estimate of drug-likeness (QED) is 0.0347. The number of nitrogens with one attached hydrogen (secondary N) is 2. The highest BCUT2D eigenvalue weighted by molar-refractivity contribution is 14.1. The van der Waals surface area contributed by atoms with E-state index in [4.69, 9.17) is 71.1 Å². The Hall–Kier alpha value is -1.92. The Labute approximate surface area is 398 Å². The summed E-state index contributed by atoms with van der Waals surface area (Å²) in [4.78, 5) is 56.0. The van der Waals surface area contributed by atoms with Gasteiger partial charge in [-0.15, -0.1) is 0 Å². The molecule has 0 aliphatic carbocycles. The molecule has 0 rings (SSSR count). The monoisotopic (exact) mass is 1060 g/mol. The first kappa shape index (κ1) is 63.1. The van der Waals surface area contributed by atoms with Crippen molar-refractivity contribution < 1.29 is 95.0 Å². The van der Waals surface area contributed by atoms with E-state index in [0.717, 1.165) is 18.9 Å². The molecule has 382 valence electrons. The lowest BCUT2D eigenvalue weighted by Gasteiger charge is -2.34. The van der Waals surface area contributed by atoms with Gasteiger partial charge in [-0.2, -0.15) is 0 Å². The van der Waals surface area contributed by atoms with Crippen molar-refractivity contribution in [2.75, 3.05) is 209 Å². The summed E-state index contributed by atoms with van der Waals surface area (Å²) in [6.45, 7) is 11.2. The lowest BCUT2D eigenvalue weighted by molar-refractivity contribution is -0.129. The van der Waals surface area contributed by atoms with Crippen molar-refractivity contribution in [2.45, 2.75) is 31.2 Å². The summed E-state index contributed by atoms with van der Waals surface area (Å²) in [6.07, 6.45) is 2.79. The third-order valence-electron chi connectivity index (χ3n) is 7.94. The number of alkyl halides is 1. The summed E-state index contributed by atoms with van der Waals surface area (Å²) >= 11 is 2.01. The zero-order valence-corrected chi connectivity index (χ0v) is 40.4. The Bertz CT molecular complexity index is 1030. The highest BCUT2D eigenvalue weighted by Crippen LogP contribution is 2.11. The van der Waals surface area contributed by atoms with Crippen molar-refractivity contribution in [3.05, 3.63) is 0 Å². The van der Waals surface area contributed by atoms with Crippen LogP contribution in [0.2, 0.25) is 0 Å². The molecule has 0 aromatic rings. The molecule has 0 aliphatic heterocycles. The topological polar surface area (TPSA) is 248 Å². The molecule has 2 amide bonds. The number of rotatable bonds is 56. The van der Waals surface area contributed by atoms with E-state index in [1.165, 1.54) is 0 Å². The van der Waals surface area contributed by atoms with Gasteiger partial charge in [0, 0.05) is 32.2 Å². The van der Waals surface area contributed by atoms with Crippen molar-refractivity contribution in [3.63, 3.8) is 0 Å². The second kappa shape index (κ2) is 53.0. The van der Waals surface area contributed by atoms with Crippen LogP contribution in [-0.2, 0) is 95.0 Å². The minimum atomic E-state index is -1.09. The molecule has 0 radical (unpaired) electrons. The van der Waals surface area contributed by atoms with E-state index < -0.39 is 5.54 Å². The second-order valence-corrected chi connectivity index (χ2v) is 14.2. The fourth-order valence-electron chi connectivity index (χ4n) is 4.78. The van der Waals surface area contributed by atoms with Crippen LogP contribution in [0.1, 0.15) is 25.7 Å². The predicted octanol–water partition coefficient (Wildman–Crippen LogP) is -0.201.